The van der Waals surface area contributed by atoms with Crippen LogP contribution in [0.5, 0.6) is 11.6 Å². The minimum absolute atomic E-state index is 0.121. The van der Waals surface area contributed by atoms with E-state index in [2.05, 4.69) is 49.8 Å². The molecule has 0 bridgehead atoms. The molecular formula is C23H27N5O3. The van der Waals surface area contributed by atoms with Gasteiger partial charge in [0.15, 0.2) is 5.82 Å². The monoisotopic (exact) mass is 421 g/mol. The summed E-state index contributed by atoms with van der Waals surface area (Å²) < 4.78 is 10.5. The molecule has 0 spiro atoms. The Balaban J connectivity index is 1.34. The van der Waals surface area contributed by atoms with E-state index in [1.165, 1.54) is 12.7 Å². The van der Waals surface area contributed by atoms with Crippen LogP contribution in [0, 0.1) is 0 Å². The first-order valence-electron chi connectivity index (χ1n) is 10.4. The number of nitrogens with one attached hydrogen (secondary N) is 2. The van der Waals surface area contributed by atoms with Gasteiger partial charge in [-0.1, -0.05) is 30.3 Å². The number of nitrogens with zero attached hydrogens (tertiary/aromatic N) is 3. The molecule has 2 amide bonds. The van der Waals surface area contributed by atoms with Gasteiger partial charge in [0.1, 0.15) is 5.75 Å². The van der Waals surface area contributed by atoms with E-state index in [0.29, 0.717) is 22.6 Å². The van der Waals surface area contributed by atoms with Crippen LogP contribution in [0.4, 0.5) is 10.6 Å². The molecule has 2 aromatic carbocycles. The quantitative estimate of drug-likeness (QED) is 0.634. The van der Waals surface area contributed by atoms with Crippen molar-refractivity contribution in [2.45, 2.75) is 25.4 Å². The average Bonchev–Trinajstić information content (AvgIpc) is 2.80. The lowest BCUT2D eigenvalue weighted by Gasteiger charge is -2.32. The van der Waals surface area contributed by atoms with Crippen molar-refractivity contribution in [1.82, 2.24) is 20.2 Å². The van der Waals surface area contributed by atoms with Crippen LogP contribution in [0.2, 0.25) is 0 Å². The van der Waals surface area contributed by atoms with E-state index in [1.807, 2.05) is 6.07 Å². The molecule has 0 unspecified atom stereocenters. The number of urea groups is 1. The maximum absolute atomic E-state index is 12.6. The standard InChI is InChI=1S/C23H27N5O3/c1-30-18-8-9-19-20(14-18)26-22(31-2)21(25-19)27-23(29)24-17-10-12-28(13-11-17)15-16-6-4-3-5-7-16/h3-9,14,17H,10-13,15H2,1-2H3,(H2,24,25,27,29). The van der Waals surface area contributed by atoms with Crippen molar-refractivity contribution in [3.05, 3.63) is 54.1 Å². The molecule has 2 N–H and O–H groups in total. The number of hydrogen-bond acceptors (Lipinski definition) is 6. The molecule has 0 atom stereocenters. The molecule has 4 rings (SSSR count). The van der Waals surface area contributed by atoms with Gasteiger partial charge in [-0.3, -0.25) is 10.2 Å². The van der Waals surface area contributed by atoms with E-state index < -0.39 is 0 Å². The molecule has 0 radical (unpaired) electrons. The summed E-state index contributed by atoms with van der Waals surface area (Å²) in [6, 6.07) is 15.6. The third-order valence-electron chi connectivity index (χ3n) is 5.44. The second kappa shape index (κ2) is 9.61. The smallest absolute Gasteiger partial charge is 0.320 e. The summed E-state index contributed by atoms with van der Waals surface area (Å²) in [6.07, 6.45) is 1.81. The Kier molecular flexibility index (Phi) is 6.47. The predicted molar refractivity (Wildman–Crippen MR) is 120 cm³/mol. The first-order chi connectivity index (χ1) is 15.1. The van der Waals surface area contributed by atoms with Crippen molar-refractivity contribution < 1.29 is 14.3 Å². The number of anilines is 1. The van der Waals surface area contributed by atoms with Gasteiger partial charge in [-0.25, -0.2) is 14.8 Å². The highest BCUT2D eigenvalue weighted by Gasteiger charge is 2.22. The second-order valence-electron chi connectivity index (χ2n) is 7.57. The van der Waals surface area contributed by atoms with Gasteiger partial charge in [0, 0.05) is 31.7 Å². The molecule has 0 aliphatic carbocycles. The Bertz CT molecular complexity index is 1040. The fourth-order valence-electron chi connectivity index (χ4n) is 3.77. The lowest BCUT2D eigenvalue weighted by Crippen LogP contribution is -2.45. The van der Waals surface area contributed by atoms with Crippen molar-refractivity contribution >= 4 is 22.9 Å². The topological polar surface area (TPSA) is 88.6 Å². The van der Waals surface area contributed by atoms with Crippen molar-refractivity contribution in [3.63, 3.8) is 0 Å². The minimum atomic E-state index is -0.304. The van der Waals surface area contributed by atoms with E-state index >= 15 is 0 Å². The average molecular weight is 422 g/mol. The third kappa shape index (κ3) is 5.21. The number of carbonyl (C=O) groups is 1. The number of methoxy groups -OCH3 is 2. The van der Waals surface area contributed by atoms with Crippen LogP contribution in [0.15, 0.2) is 48.5 Å². The summed E-state index contributed by atoms with van der Waals surface area (Å²) in [7, 11) is 3.10. The molecule has 3 aromatic rings. The van der Waals surface area contributed by atoms with Crippen LogP contribution < -0.4 is 20.1 Å². The van der Waals surface area contributed by atoms with E-state index in [0.717, 1.165) is 32.5 Å². The Hall–Kier alpha value is -3.39. The van der Waals surface area contributed by atoms with Crippen LogP contribution in [-0.4, -0.2) is 54.2 Å². The van der Waals surface area contributed by atoms with E-state index in [1.54, 1.807) is 25.3 Å². The van der Waals surface area contributed by atoms with E-state index in [9.17, 15) is 4.79 Å². The molecule has 1 saturated heterocycles. The number of ether oxygens (including phenoxy) is 2. The Morgan fingerprint density at radius 3 is 2.52 bits per heavy atom. The van der Waals surface area contributed by atoms with Crippen LogP contribution in [0.25, 0.3) is 11.0 Å². The zero-order chi connectivity index (χ0) is 21.6. The Morgan fingerprint density at radius 2 is 1.81 bits per heavy atom. The van der Waals surface area contributed by atoms with Crippen LogP contribution >= 0.6 is 0 Å². The first-order valence-corrected chi connectivity index (χ1v) is 10.4. The van der Waals surface area contributed by atoms with Crippen molar-refractivity contribution in [1.29, 1.82) is 0 Å². The van der Waals surface area contributed by atoms with Gasteiger partial charge in [-0.2, -0.15) is 0 Å². The maximum atomic E-state index is 12.6. The highest BCUT2D eigenvalue weighted by Crippen LogP contribution is 2.26. The zero-order valence-corrected chi connectivity index (χ0v) is 17.8. The summed E-state index contributed by atoms with van der Waals surface area (Å²) in [5.41, 5.74) is 2.59. The minimum Gasteiger partial charge on any atom is -0.497 e. The number of fused-ring (bicyclic) bond motifs is 1. The maximum Gasteiger partial charge on any atom is 0.320 e. The third-order valence-corrected chi connectivity index (χ3v) is 5.44. The van der Waals surface area contributed by atoms with Gasteiger partial charge in [0.05, 0.1) is 25.3 Å². The SMILES string of the molecule is COc1ccc2nc(NC(=O)NC3CCN(Cc4ccccc4)CC3)c(OC)nc2c1. The highest BCUT2D eigenvalue weighted by molar-refractivity contribution is 5.91. The van der Waals surface area contributed by atoms with Crippen LogP contribution in [0.1, 0.15) is 18.4 Å². The van der Waals surface area contributed by atoms with Crippen molar-refractivity contribution in [2.75, 3.05) is 32.6 Å². The predicted octanol–water partition coefficient (Wildman–Crippen LogP) is 3.43. The summed E-state index contributed by atoms with van der Waals surface area (Å²) in [5.74, 6) is 1.23. The molecular weight excluding hydrogens is 394 g/mol. The molecule has 1 aliphatic heterocycles. The molecule has 31 heavy (non-hydrogen) atoms. The number of aromatic nitrogens is 2. The van der Waals surface area contributed by atoms with Gasteiger partial charge in [-0.15, -0.1) is 0 Å². The molecule has 1 aliphatic rings. The fourth-order valence-corrected chi connectivity index (χ4v) is 3.77. The number of likely N-dealkylation sites (tertiary alicyclic amines) is 1. The normalized spacial score (nSPS) is 14.9. The number of carbonyl (C=O) groups excluding carboxylic acids is 1. The molecule has 0 saturated carbocycles. The summed E-state index contributed by atoms with van der Waals surface area (Å²) in [4.78, 5) is 23.9. The summed E-state index contributed by atoms with van der Waals surface area (Å²) in [5, 5.41) is 5.84. The Labute approximate surface area is 181 Å². The first kappa shape index (κ1) is 20.9. The van der Waals surface area contributed by atoms with Gasteiger partial charge < -0.3 is 14.8 Å². The van der Waals surface area contributed by atoms with Crippen LogP contribution in [-0.2, 0) is 6.54 Å². The van der Waals surface area contributed by atoms with E-state index in [-0.39, 0.29) is 18.0 Å². The van der Waals surface area contributed by atoms with E-state index in [4.69, 9.17) is 9.47 Å². The number of hydrogen-bond donors (Lipinski definition) is 2. The van der Waals surface area contributed by atoms with Crippen LogP contribution in [0.3, 0.4) is 0 Å². The summed E-state index contributed by atoms with van der Waals surface area (Å²) in [6.45, 7) is 2.83. The molecule has 162 valence electrons. The zero-order valence-electron chi connectivity index (χ0n) is 17.8. The molecule has 8 heteroatoms. The lowest BCUT2D eigenvalue weighted by molar-refractivity contribution is 0.190. The van der Waals surface area contributed by atoms with Gasteiger partial charge in [0.25, 0.3) is 5.88 Å². The molecule has 2 heterocycles. The lowest BCUT2D eigenvalue weighted by atomic mass is 10.0. The van der Waals surface area contributed by atoms with Gasteiger partial charge in [0.2, 0.25) is 0 Å². The summed E-state index contributed by atoms with van der Waals surface area (Å²) >= 11 is 0. The Morgan fingerprint density at radius 1 is 1.03 bits per heavy atom. The number of piperidine rings is 1. The molecule has 1 fully saturated rings. The fraction of sp³-hybridized carbons (Fsp3) is 0.348. The number of benzene rings is 2. The largest absolute Gasteiger partial charge is 0.497 e. The second-order valence-corrected chi connectivity index (χ2v) is 7.57. The van der Waals surface area contributed by atoms with Gasteiger partial charge >= 0.3 is 6.03 Å². The van der Waals surface area contributed by atoms with Crippen molar-refractivity contribution in [3.8, 4) is 11.6 Å². The number of rotatable bonds is 6. The molecule has 1 aromatic heterocycles. The highest BCUT2D eigenvalue weighted by atomic mass is 16.5. The number of amides is 2. The van der Waals surface area contributed by atoms with Crippen molar-refractivity contribution in [2.24, 2.45) is 0 Å². The van der Waals surface area contributed by atoms with Gasteiger partial charge in [-0.05, 0) is 30.5 Å². The molecule has 8 nitrogen and oxygen atoms in total.